The Morgan fingerprint density at radius 3 is 2.21 bits per heavy atom. The van der Waals surface area contributed by atoms with Crippen molar-refractivity contribution in [2.24, 2.45) is 5.10 Å². The molecule has 0 aliphatic rings. The van der Waals surface area contributed by atoms with Crippen LogP contribution >= 0.6 is 0 Å². The molecule has 2 amide bonds. The Bertz CT molecular complexity index is 1450. The molecule has 0 saturated heterocycles. The molecule has 2 N–H and O–H groups in total. The Hall–Kier alpha value is -5.72. The summed E-state index contributed by atoms with van der Waals surface area (Å²) >= 11 is 0. The first-order valence-corrected chi connectivity index (χ1v) is 10.8. The third-order valence-corrected chi connectivity index (χ3v) is 4.78. The van der Waals surface area contributed by atoms with Crippen LogP contribution in [0.15, 0.2) is 77.9 Å². The number of carbonyl (C=O) groups excluding carboxylic acids is 3. The Balaban J connectivity index is 1.73. The van der Waals surface area contributed by atoms with Crippen molar-refractivity contribution in [2.75, 3.05) is 5.32 Å². The first kappa shape index (κ1) is 26.9. The van der Waals surface area contributed by atoms with Crippen molar-refractivity contribution in [2.45, 2.75) is 6.92 Å². The third-order valence-electron chi connectivity index (χ3n) is 4.78. The minimum atomic E-state index is -0.949. The van der Waals surface area contributed by atoms with Gasteiger partial charge in [-0.2, -0.15) is 5.10 Å². The van der Waals surface area contributed by atoms with Crippen molar-refractivity contribution in [1.29, 1.82) is 0 Å². The van der Waals surface area contributed by atoms with Gasteiger partial charge < -0.3 is 10.1 Å². The fraction of sp³-hybridized carbons (Fsp3) is 0.0400. The van der Waals surface area contributed by atoms with Gasteiger partial charge in [0, 0.05) is 48.0 Å². The molecule has 0 unspecified atom stereocenters. The average Bonchev–Trinajstić information content (AvgIpc) is 2.88. The van der Waals surface area contributed by atoms with E-state index in [9.17, 15) is 34.6 Å². The first-order chi connectivity index (χ1) is 18.1. The highest BCUT2D eigenvalue weighted by Gasteiger charge is 2.20. The molecule has 0 bridgehead atoms. The van der Waals surface area contributed by atoms with Gasteiger partial charge in [-0.3, -0.25) is 29.8 Å². The number of nitro benzene ring substituents is 2. The smallest absolute Gasteiger partial charge is 0.336 e. The third kappa shape index (κ3) is 7.39. The van der Waals surface area contributed by atoms with Gasteiger partial charge in [0.25, 0.3) is 11.6 Å². The van der Waals surface area contributed by atoms with Crippen LogP contribution in [0.2, 0.25) is 0 Å². The predicted octanol–water partition coefficient (Wildman–Crippen LogP) is 3.84. The van der Waals surface area contributed by atoms with Crippen molar-refractivity contribution in [1.82, 2.24) is 5.43 Å². The molecule has 0 radical (unpaired) electrons. The molecular formula is C25H19N5O8. The maximum absolute atomic E-state index is 12.4. The summed E-state index contributed by atoms with van der Waals surface area (Å²) in [5.74, 6) is -2.20. The number of anilines is 1. The molecule has 3 aromatic carbocycles. The quantitative estimate of drug-likeness (QED) is 0.107. The average molecular weight is 517 g/mol. The Labute approximate surface area is 214 Å². The van der Waals surface area contributed by atoms with Crippen LogP contribution in [0.1, 0.15) is 28.4 Å². The van der Waals surface area contributed by atoms with E-state index in [2.05, 4.69) is 15.8 Å². The summed E-state index contributed by atoms with van der Waals surface area (Å²) in [5, 5.41) is 28.6. The second-order valence-electron chi connectivity index (χ2n) is 7.51. The Morgan fingerprint density at radius 1 is 0.921 bits per heavy atom. The largest absolute Gasteiger partial charge is 0.415 e. The van der Waals surface area contributed by atoms with Gasteiger partial charge in [-0.1, -0.05) is 6.07 Å². The normalized spacial score (nSPS) is 10.8. The molecule has 13 heteroatoms. The van der Waals surface area contributed by atoms with E-state index in [1.807, 2.05) is 0 Å². The van der Waals surface area contributed by atoms with Gasteiger partial charge in [0.2, 0.25) is 11.7 Å². The van der Waals surface area contributed by atoms with E-state index in [0.29, 0.717) is 11.3 Å². The van der Waals surface area contributed by atoms with Crippen LogP contribution in [0.25, 0.3) is 6.08 Å². The standard InChI is InChI=1S/C25H19N5O8/c1-16(31)27-20-10-8-18(9-11-20)25(33)28-26-15-19-3-2-4-22(30(36)37)24(19)38-23(32)14-7-17-5-12-21(13-6-17)29(34)35/h2-15H,1H3,(H,27,31)(H,28,33)/b14-7+,26-15+. The van der Waals surface area contributed by atoms with Crippen LogP contribution in [-0.2, 0) is 9.59 Å². The second kappa shape index (κ2) is 12.3. The predicted molar refractivity (Wildman–Crippen MR) is 137 cm³/mol. The minimum absolute atomic E-state index is 0.0394. The van der Waals surface area contributed by atoms with E-state index in [0.717, 1.165) is 18.4 Å². The number of benzene rings is 3. The highest BCUT2D eigenvalue weighted by molar-refractivity contribution is 5.97. The number of para-hydroxylation sites is 1. The molecule has 38 heavy (non-hydrogen) atoms. The molecule has 0 aromatic heterocycles. The molecule has 192 valence electrons. The SMILES string of the molecule is CC(=O)Nc1ccc(C(=O)N/N=C/c2cccc([N+](=O)[O-])c2OC(=O)/C=C/c2ccc([N+](=O)[O-])cc2)cc1. The molecule has 0 spiro atoms. The Kier molecular flexibility index (Phi) is 8.70. The number of nitrogens with one attached hydrogen (secondary N) is 2. The van der Waals surface area contributed by atoms with Crippen LogP contribution in [0.4, 0.5) is 17.1 Å². The number of amides is 2. The number of rotatable bonds is 9. The molecule has 0 atom stereocenters. The van der Waals surface area contributed by atoms with Crippen LogP contribution < -0.4 is 15.5 Å². The maximum atomic E-state index is 12.4. The first-order valence-electron chi connectivity index (χ1n) is 10.8. The van der Waals surface area contributed by atoms with Crippen molar-refractivity contribution in [3.63, 3.8) is 0 Å². The maximum Gasteiger partial charge on any atom is 0.336 e. The van der Waals surface area contributed by atoms with E-state index >= 15 is 0 Å². The highest BCUT2D eigenvalue weighted by Crippen LogP contribution is 2.30. The number of hydrogen-bond acceptors (Lipinski definition) is 9. The fourth-order valence-electron chi connectivity index (χ4n) is 3.04. The lowest BCUT2D eigenvalue weighted by Crippen LogP contribution is -2.18. The van der Waals surface area contributed by atoms with Gasteiger partial charge in [0.1, 0.15) is 0 Å². The van der Waals surface area contributed by atoms with E-state index in [4.69, 9.17) is 4.74 Å². The summed E-state index contributed by atoms with van der Waals surface area (Å²) in [6, 6.07) is 15.2. The molecular weight excluding hydrogens is 498 g/mol. The summed E-state index contributed by atoms with van der Waals surface area (Å²) in [6.45, 7) is 1.35. The zero-order valence-electron chi connectivity index (χ0n) is 19.7. The van der Waals surface area contributed by atoms with E-state index in [-0.39, 0.29) is 22.7 Å². The van der Waals surface area contributed by atoms with Gasteiger partial charge in [0.05, 0.1) is 16.1 Å². The second-order valence-corrected chi connectivity index (χ2v) is 7.51. The van der Waals surface area contributed by atoms with Gasteiger partial charge in [-0.25, -0.2) is 10.2 Å². The highest BCUT2D eigenvalue weighted by atomic mass is 16.6. The number of nitrogens with zero attached hydrogens (tertiary/aromatic N) is 3. The van der Waals surface area contributed by atoms with Gasteiger partial charge in [-0.15, -0.1) is 0 Å². The topological polar surface area (TPSA) is 183 Å². The number of ether oxygens (including phenoxy) is 1. The van der Waals surface area contributed by atoms with Crippen LogP contribution in [0, 0.1) is 20.2 Å². The van der Waals surface area contributed by atoms with E-state index in [1.165, 1.54) is 73.7 Å². The zero-order chi connectivity index (χ0) is 27.7. The summed E-state index contributed by atoms with van der Waals surface area (Å²) in [6.07, 6.45) is 3.41. The summed E-state index contributed by atoms with van der Waals surface area (Å²) in [7, 11) is 0. The van der Waals surface area contributed by atoms with Crippen molar-refractivity contribution >= 4 is 47.1 Å². The number of non-ortho nitro benzene ring substituents is 1. The van der Waals surface area contributed by atoms with Gasteiger partial charge >= 0.3 is 11.7 Å². The number of esters is 1. The molecule has 0 heterocycles. The summed E-state index contributed by atoms with van der Waals surface area (Å²) in [5.41, 5.74) is 2.88. The molecule has 3 rings (SSSR count). The number of nitro groups is 2. The molecule has 0 aliphatic heterocycles. The molecule has 13 nitrogen and oxygen atoms in total. The lowest BCUT2D eigenvalue weighted by Gasteiger charge is -2.07. The molecule has 0 saturated carbocycles. The van der Waals surface area contributed by atoms with Crippen molar-refractivity contribution in [3.8, 4) is 5.75 Å². The lowest BCUT2D eigenvalue weighted by atomic mass is 10.2. The monoisotopic (exact) mass is 517 g/mol. The zero-order valence-corrected chi connectivity index (χ0v) is 19.7. The molecule has 3 aromatic rings. The van der Waals surface area contributed by atoms with E-state index in [1.54, 1.807) is 0 Å². The van der Waals surface area contributed by atoms with Gasteiger partial charge in [0.15, 0.2) is 0 Å². The minimum Gasteiger partial charge on any atom is -0.415 e. The van der Waals surface area contributed by atoms with Crippen molar-refractivity contribution < 1.29 is 29.0 Å². The number of carbonyl (C=O) groups is 3. The number of hydrogen-bond donors (Lipinski definition) is 2. The van der Waals surface area contributed by atoms with Crippen LogP contribution in [0.3, 0.4) is 0 Å². The Morgan fingerprint density at radius 2 is 1.61 bits per heavy atom. The van der Waals surface area contributed by atoms with Gasteiger partial charge in [-0.05, 0) is 54.1 Å². The lowest BCUT2D eigenvalue weighted by molar-refractivity contribution is -0.385. The van der Waals surface area contributed by atoms with E-state index < -0.39 is 33.2 Å². The molecule has 0 fully saturated rings. The van der Waals surface area contributed by atoms with Crippen molar-refractivity contribution in [3.05, 3.63) is 110 Å². The summed E-state index contributed by atoms with van der Waals surface area (Å²) in [4.78, 5) is 56.7. The summed E-state index contributed by atoms with van der Waals surface area (Å²) < 4.78 is 5.19. The van der Waals surface area contributed by atoms with Crippen LogP contribution in [-0.4, -0.2) is 33.8 Å². The molecule has 0 aliphatic carbocycles. The fourth-order valence-corrected chi connectivity index (χ4v) is 3.04. The number of hydrazone groups is 1. The van der Waals surface area contributed by atoms with Crippen LogP contribution in [0.5, 0.6) is 5.75 Å².